The van der Waals surface area contributed by atoms with Gasteiger partial charge in [0.2, 0.25) is 0 Å². The molecule has 14 heavy (non-hydrogen) atoms. The molecular formula is C13H17N. The van der Waals surface area contributed by atoms with Crippen molar-refractivity contribution in [3.8, 4) is 0 Å². The molecule has 0 bridgehead atoms. The summed E-state index contributed by atoms with van der Waals surface area (Å²) in [6, 6.07) is 0. The normalized spacial score (nSPS) is 15.4. The molecule has 0 aromatic rings. The second-order valence-corrected chi connectivity index (χ2v) is 3.25. The van der Waals surface area contributed by atoms with Gasteiger partial charge in [0.15, 0.2) is 0 Å². The molecule has 0 saturated heterocycles. The summed E-state index contributed by atoms with van der Waals surface area (Å²) in [5.74, 6) is 0. The van der Waals surface area contributed by atoms with Crippen LogP contribution in [0.4, 0.5) is 0 Å². The van der Waals surface area contributed by atoms with Gasteiger partial charge in [-0.15, -0.1) is 0 Å². The summed E-state index contributed by atoms with van der Waals surface area (Å²) in [4.78, 5) is 2.08. The molecular weight excluding hydrogens is 170 g/mol. The first-order valence-electron chi connectivity index (χ1n) is 4.84. The summed E-state index contributed by atoms with van der Waals surface area (Å²) in [6.07, 6.45) is 14.4. The molecule has 1 rings (SSSR count). The third-order valence-corrected chi connectivity index (χ3v) is 2.22. The molecule has 0 N–H and O–H groups in total. The molecule has 0 fully saturated rings. The highest BCUT2D eigenvalue weighted by Gasteiger charge is 2.04. The molecule has 0 saturated carbocycles. The molecule has 0 atom stereocenters. The van der Waals surface area contributed by atoms with E-state index in [0.29, 0.717) is 0 Å². The summed E-state index contributed by atoms with van der Waals surface area (Å²) < 4.78 is 0. The molecule has 0 unspecified atom stereocenters. The zero-order valence-corrected chi connectivity index (χ0v) is 8.74. The van der Waals surface area contributed by atoms with Gasteiger partial charge < -0.3 is 4.90 Å². The summed E-state index contributed by atoms with van der Waals surface area (Å²) in [7, 11) is 2.03. The van der Waals surface area contributed by atoms with Crippen molar-refractivity contribution >= 4 is 0 Å². The van der Waals surface area contributed by atoms with Gasteiger partial charge in [0.05, 0.1) is 0 Å². The Labute approximate surface area is 86.4 Å². The monoisotopic (exact) mass is 187 g/mol. The minimum absolute atomic E-state index is 0.975. The fourth-order valence-corrected chi connectivity index (χ4v) is 1.31. The molecule has 0 amide bonds. The molecule has 0 aromatic heterocycles. The van der Waals surface area contributed by atoms with Gasteiger partial charge in [-0.3, -0.25) is 0 Å². The van der Waals surface area contributed by atoms with Gasteiger partial charge >= 0.3 is 0 Å². The van der Waals surface area contributed by atoms with E-state index in [1.165, 1.54) is 5.70 Å². The summed E-state index contributed by atoms with van der Waals surface area (Å²) >= 11 is 0. The van der Waals surface area contributed by atoms with Gasteiger partial charge in [0.1, 0.15) is 0 Å². The molecule has 0 radical (unpaired) electrons. The molecule has 0 aromatic carbocycles. The lowest BCUT2D eigenvalue weighted by Crippen LogP contribution is -2.14. The fraction of sp³-hybridized carbons (Fsp3) is 0.231. The Hall–Kier alpha value is -1.50. The first-order valence-corrected chi connectivity index (χ1v) is 4.84. The van der Waals surface area contributed by atoms with Gasteiger partial charge in [0.25, 0.3) is 0 Å². The Balaban J connectivity index is 2.64. The van der Waals surface area contributed by atoms with Crippen molar-refractivity contribution in [1.29, 1.82) is 0 Å². The van der Waals surface area contributed by atoms with E-state index in [-0.39, 0.29) is 0 Å². The number of rotatable bonds is 4. The van der Waals surface area contributed by atoms with Crippen LogP contribution in [0.5, 0.6) is 0 Å². The predicted molar refractivity (Wildman–Crippen MR) is 62.7 cm³/mol. The van der Waals surface area contributed by atoms with Crippen LogP contribution < -0.4 is 0 Å². The number of likely N-dealkylation sites (N-methyl/N-ethyl adjacent to an activating group) is 1. The van der Waals surface area contributed by atoms with Crippen LogP contribution in [-0.4, -0.2) is 11.9 Å². The molecule has 0 aliphatic heterocycles. The van der Waals surface area contributed by atoms with E-state index in [2.05, 4.69) is 36.3 Å². The summed E-state index contributed by atoms with van der Waals surface area (Å²) in [5.41, 5.74) is 2.19. The smallest absolute Gasteiger partial charge is 0.0364 e. The third kappa shape index (κ3) is 2.77. The number of nitrogens with zero attached hydrogens (tertiary/aromatic N) is 1. The highest BCUT2D eigenvalue weighted by Crippen LogP contribution is 2.16. The Morgan fingerprint density at radius 3 is 2.86 bits per heavy atom. The zero-order valence-electron chi connectivity index (χ0n) is 8.74. The maximum atomic E-state index is 3.98. The van der Waals surface area contributed by atoms with Gasteiger partial charge in [-0.1, -0.05) is 37.5 Å². The van der Waals surface area contributed by atoms with E-state index in [1.54, 1.807) is 6.08 Å². The van der Waals surface area contributed by atoms with Crippen molar-refractivity contribution in [3.05, 3.63) is 61.0 Å². The average molecular weight is 187 g/mol. The number of hydrogen-bond donors (Lipinski definition) is 0. The maximum Gasteiger partial charge on any atom is 0.0364 e. The lowest BCUT2D eigenvalue weighted by molar-refractivity contribution is 0.550. The predicted octanol–water partition coefficient (Wildman–Crippen LogP) is 3.41. The molecule has 1 nitrogen and oxygen atoms in total. The zero-order chi connectivity index (χ0) is 10.4. The van der Waals surface area contributed by atoms with Crippen LogP contribution in [0.15, 0.2) is 61.0 Å². The van der Waals surface area contributed by atoms with E-state index >= 15 is 0 Å². The van der Waals surface area contributed by atoms with E-state index in [4.69, 9.17) is 0 Å². The third-order valence-electron chi connectivity index (χ3n) is 2.22. The summed E-state index contributed by atoms with van der Waals surface area (Å²) in [5, 5.41) is 0. The lowest BCUT2D eigenvalue weighted by Gasteiger charge is -2.22. The largest absolute Gasteiger partial charge is 0.345 e. The molecule has 0 heterocycles. The van der Waals surface area contributed by atoms with Crippen LogP contribution in [0, 0.1) is 0 Å². The van der Waals surface area contributed by atoms with Crippen molar-refractivity contribution in [1.82, 2.24) is 4.90 Å². The van der Waals surface area contributed by atoms with Gasteiger partial charge in [-0.05, 0) is 25.0 Å². The minimum Gasteiger partial charge on any atom is -0.345 e. The average Bonchev–Trinajstić information content (AvgIpc) is 2.26. The van der Waals surface area contributed by atoms with Gasteiger partial charge in [-0.25, -0.2) is 0 Å². The second kappa shape index (κ2) is 5.28. The standard InChI is InChI=1S/C13H17N/c1-4-5-9-12(2)14(3)13-10-7-6-8-11-13/h4-5,7,9-11H,1-2,6,8H2,3H3/b9-5-. The Bertz CT molecular complexity index is 305. The molecule has 1 heteroatoms. The lowest BCUT2D eigenvalue weighted by atomic mass is 10.1. The Kier molecular flexibility index (Phi) is 3.99. The topological polar surface area (TPSA) is 3.24 Å². The highest BCUT2D eigenvalue weighted by atomic mass is 15.1. The van der Waals surface area contributed by atoms with Crippen LogP contribution in [0.2, 0.25) is 0 Å². The van der Waals surface area contributed by atoms with Crippen molar-refractivity contribution in [3.63, 3.8) is 0 Å². The first kappa shape index (κ1) is 10.6. The molecule has 1 aliphatic rings. The van der Waals surface area contributed by atoms with Gasteiger partial charge in [0, 0.05) is 18.4 Å². The van der Waals surface area contributed by atoms with E-state index in [1.807, 2.05) is 19.2 Å². The summed E-state index contributed by atoms with van der Waals surface area (Å²) in [6.45, 7) is 7.61. The number of hydrogen-bond acceptors (Lipinski definition) is 1. The van der Waals surface area contributed by atoms with Crippen LogP contribution in [0.3, 0.4) is 0 Å². The quantitative estimate of drug-likeness (QED) is 0.610. The van der Waals surface area contributed by atoms with E-state index in [9.17, 15) is 0 Å². The number of allylic oxidation sites excluding steroid dienone is 6. The van der Waals surface area contributed by atoms with Crippen molar-refractivity contribution < 1.29 is 0 Å². The fourth-order valence-electron chi connectivity index (χ4n) is 1.31. The SMILES string of the molecule is C=C/C=C\C(=C)N(C)C1=CCCC=C1. The minimum atomic E-state index is 0.975. The van der Waals surface area contributed by atoms with Gasteiger partial charge in [-0.2, -0.15) is 0 Å². The maximum absolute atomic E-state index is 3.98. The van der Waals surface area contributed by atoms with Crippen LogP contribution in [0.25, 0.3) is 0 Å². The van der Waals surface area contributed by atoms with Crippen LogP contribution >= 0.6 is 0 Å². The van der Waals surface area contributed by atoms with Crippen molar-refractivity contribution in [2.24, 2.45) is 0 Å². The molecule has 1 aliphatic carbocycles. The van der Waals surface area contributed by atoms with E-state index < -0.39 is 0 Å². The van der Waals surface area contributed by atoms with Crippen LogP contribution in [-0.2, 0) is 0 Å². The molecule has 74 valence electrons. The Morgan fingerprint density at radius 1 is 1.50 bits per heavy atom. The first-order chi connectivity index (χ1) is 6.75. The van der Waals surface area contributed by atoms with Crippen molar-refractivity contribution in [2.45, 2.75) is 12.8 Å². The van der Waals surface area contributed by atoms with E-state index in [0.717, 1.165) is 18.5 Å². The van der Waals surface area contributed by atoms with Crippen molar-refractivity contribution in [2.75, 3.05) is 7.05 Å². The van der Waals surface area contributed by atoms with Crippen LogP contribution in [0.1, 0.15) is 12.8 Å². The Morgan fingerprint density at radius 2 is 2.29 bits per heavy atom. The highest BCUT2D eigenvalue weighted by molar-refractivity contribution is 5.29. The second-order valence-electron chi connectivity index (χ2n) is 3.25. The molecule has 0 spiro atoms.